The van der Waals surface area contributed by atoms with Crippen LogP contribution in [0.1, 0.15) is 41.9 Å². The van der Waals surface area contributed by atoms with Crippen molar-refractivity contribution in [2.45, 2.75) is 52.1 Å². The Morgan fingerprint density at radius 2 is 1.94 bits per heavy atom. The first-order valence-corrected chi connectivity index (χ1v) is 11.0. The third-order valence-electron chi connectivity index (χ3n) is 4.17. The minimum absolute atomic E-state index is 0.0226. The molecule has 0 aliphatic heterocycles. The van der Waals surface area contributed by atoms with E-state index in [4.69, 9.17) is 14.0 Å². The van der Waals surface area contributed by atoms with Gasteiger partial charge in [0.05, 0.1) is 23.8 Å². The molecule has 184 valence electrons. The van der Waals surface area contributed by atoms with E-state index >= 15 is 0 Å². The number of aromatic nitrogens is 1. The average molecular weight is 502 g/mol. The quantitative estimate of drug-likeness (QED) is 0.293. The van der Waals surface area contributed by atoms with Crippen LogP contribution >= 0.6 is 8.17 Å². The molecule has 9 nitrogen and oxygen atoms in total. The lowest BCUT2D eigenvalue weighted by molar-refractivity contribution is -0.172. The topological polar surface area (TPSA) is 130 Å². The number of pyridine rings is 1. The number of rotatable bonds is 10. The molecular weight excluding hydrogens is 480 g/mol. The molecule has 1 aromatic carbocycles. The van der Waals surface area contributed by atoms with Crippen LogP contribution in [0.25, 0.3) is 0 Å². The number of alkyl halides is 3. The number of carbonyl (C=O) groups excluding carboxylic acids is 2. The van der Waals surface area contributed by atoms with Crippen LogP contribution < -0.4 is 14.2 Å². The van der Waals surface area contributed by atoms with Crippen molar-refractivity contribution < 1.29 is 46.8 Å². The third kappa shape index (κ3) is 7.96. The normalized spacial score (nSPS) is 12.9. The van der Waals surface area contributed by atoms with E-state index in [-0.39, 0.29) is 40.7 Å². The number of aldehydes is 1. The second-order valence-electron chi connectivity index (χ2n) is 7.25. The van der Waals surface area contributed by atoms with Gasteiger partial charge in [-0.15, -0.1) is 0 Å². The second-order valence-corrected chi connectivity index (χ2v) is 8.14. The van der Waals surface area contributed by atoms with Crippen molar-refractivity contribution in [3.05, 3.63) is 47.3 Å². The monoisotopic (exact) mass is 502 g/mol. The highest BCUT2D eigenvalue weighted by Crippen LogP contribution is 2.35. The first-order chi connectivity index (χ1) is 15.9. The zero-order valence-electron chi connectivity index (χ0n) is 18.4. The predicted molar refractivity (Wildman–Crippen MR) is 112 cm³/mol. The van der Waals surface area contributed by atoms with Crippen LogP contribution in [0.15, 0.2) is 35.2 Å². The van der Waals surface area contributed by atoms with E-state index in [2.05, 4.69) is 9.73 Å². The molecule has 1 aromatic heterocycles. The van der Waals surface area contributed by atoms with E-state index in [1.54, 1.807) is 6.07 Å². The maximum atomic E-state index is 12.9. The molecular formula is C21H22F3N2O7P. The molecule has 34 heavy (non-hydrogen) atoms. The Labute approximate surface area is 194 Å². The van der Waals surface area contributed by atoms with Gasteiger partial charge in [0.25, 0.3) is 0 Å². The molecule has 0 aliphatic rings. The standard InChI is InChI=1S/C21H22F3N2O7P/c1-12(2)32-20(29)16(8-21(22,23)24)26-34(30)33-18-7-5-4-6-17(18)31-11-14-9-25-13(3)19(28)15(14)10-27/h4-7,9-10,12,16,28H,8,11H2,1-3H3. The predicted octanol–water partition coefficient (Wildman–Crippen LogP) is 3.99. The number of aryl methyl sites for hydroxylation is 1. The summed E-state index contributed by atoms with van der Waals surface area (Å²) >= 11 is 0. The second kappa shape index (κ2) is 11.8. The fourth-order valence-electron chi connectivity index (χ4n) is 2.62. The number of halogens is 3. The summed E-state index contributed by atoms with van der Waals surface area (Å²) in [7, 11) is -3.12. The van der Waals surface area contributed by atoms with Gasteiger partial charge in [-0.3, -0.25) is 14.3 Å². The first kappa shape index (κ1) is 27.0. The molecule has 13 heteroatoms. The summed E-state index contributed by atoms with van der Waals surface area (Å²) in [4.78, 5) is 39.6. The molecule has 2 aromatic rings. The van der Waals surface area contributed by atoms with Gasteiger partial charge < -0.3 is 19.5 Å². The van der Waals surface area contributed by atoms with Gasteiger partial charge in [0, 0.05) is 11.8 Å². The van der Waals surface area contributed by atoms with Crippen LogP contribution in [0.5, 0.6) is 17.2 Å². The van der Waals surface area contributed by atoms with Gasteiger partial charge in [0.1, 0.15) is 12.4 Å². The van der Waals surface area contributed by atoms with Crippen molar-refractivity contribution in [3.8, 4) is 17.2 Å². The molecule has 0 saturated carbocycles. The van der Waals surface area contributed by atoms with E-state index in [1.165, 1.54) is 45.2 Å². The lowest BCUT2D eigenvalue weighted by Gasteiger charge is -2.14. The van der Waals surface area contributed by atoms with Gasteiger partial charge in [-0.25, -0.2) is 4.79 Å². The van der Waals surface area contributed by atoms with Crippen molar-refractivity contribution in [2.75, 3.05) is 0 Å². The summed E-state index contributed by atoms with van der Waals surface area (Å²) in [5, 5.41) is 9.97. The summed E-state index contributed by atoms with van der Waals surface area (Å²) in [5.74, 6) is -1.69. The number of aromatic hydroxyl groups is 1. The van der Waals surface area contributed by atoms with Crippen molar-refractivity contribution in [1.29, 1.82) is 0 Å². The molecule has 2 atom stereocenters. The molecule has 0 radical (unpaired) electrons. The molecule has 0 aliphatic carbocycles. The van der Waals surface area contributed by atoms with E-state index in [9.17, 15) is 32.8 Å². The fraction of sp³-hybridized carbons (Fsp3) is 0.381. The Hall–Kier alpha value is -3.24. The number of benzene rings is 1. The number of para-hydroxylation sites is 2. The smallest absolute Gasteiger partial charge is 0.395 e. The Morgan fingerprint density at radius 3 is 2.53 bits per heavy atom. The van der Waals surface area contributed by atoms with E-state index in [0.29, 0.717) is 6.29 Å². The Kier molecular flexibility index (Phi) is 9.34. The Morgan fingerprint density at radius 1 is 1.29 bits per heavy atom. The van der Waals surface area contributed by atoms with Gasteiger partial charge in [-0.05, 0) is 32.9 Å². The van der Waals surface area contributed by atoms with Gasteiger partial charge in [0.15, 0.2) is 12.0 Å². The van der Waals surface area contributed by atoms with Crippen LogP contribution in [0.4, 0.5) is 13.2 Å². The maximum absolute atomic E-state index is 12.9. The van der Waals surface area contributed by atoms with Gasteiger partial charge in [-0.2, -0.15) is 13.2 Å². The molecule has 2 rings (SSSR count). The number of ether oxygens (including phenoxy) is 2. The molecule has 0 bridgehead atoms. The van der Waals surface area contributed by atoms with Gasteiger partial charge >= 0.3 is 20.3 Å². The first-order valence-electron chi connectivity index (χ1n) is 9.89. The van der Waals surface area contributed by atoms with Crippen LogP contribution in [-0.2, 0) is 16.1 Å². The van der Waals surface area contributed by atoms with Gasteiger partial charge in [-0.1, -0.05) is 16.9 Å². The summed E-state index contributed by atoms with van der Waals surface area (Å²) in [6.45, 7) is 4.18. The summed E-state index contributed by atoms with van der Waals surface area (Å²) < 4.78 is 57.4. The minimum atomic E-state index is -4.76. The highest BCUT2D eigenvalue weighted by atomic mass is 31.1. The molecule has 0 amide bonds. The molecule has 1 N–H and O–H groups in total. The minimum Gasteiger partial charge on any atom is -0.575 e. The zero-order valence-corrected chi connectivity index (χ0v) is 19.3. The molecule has 1 heterocycles. The van der Waals surface area contributed by atoms with Crippen LogP contribution in [0.3, 0.4) is 0 Å². The molecule has 0 spiro atoms. The van der Waals surface area contributed by atoms with E-state index in [1.807, 2.05) is 0 Å². The summed E-state index contributed by atoms with van der Waals surface area (Å²) in [6.07, 6.45) is -5.35. The Bertz CT molecular complexity index is 1060. The molecule has 0 fully saturated rings. The Balaban J connectivity index is 2.22. The van der Waals surface area contributed by atoms with Gasteiger partial charge in [0.2, 0.25) is 11.8 Å². The van der Waals surface area contributed by atoms with Crippen molar-refractivity contribution in [3.63, 3.8) is 0 Å². The highest BCUT2D eigenvalue weighted by molar-refractivity contribution is 7.34. The fourth-order valence-corrected chi connectivity index (χ4v) is 3.39. The van der Waals surface area contributed by atoms with Crippen molar-refractivity contribution in [2.24, 2.45) is 4.74 Å². The van der Waals surface area contributed by atoms with Crippen molar-refractivity contribution in [1.82, 2.24) is 4.98 Å². The average Bonchev–Trinajstić information content (AvgIpc) is 2.73. The van der Waals surface area contributed by atoms with E-state index < -0.39 is 38.9 Å². The number of hydrogen-bond acceptors (Lipinski definition) is 9. The molecule has 0 saturated heterocycles. The molecule has 2 unspecified atom stereocenters. The number of esters is 1. The van der Waals surface area contributed by atoms with E-state index in [0.717, 1.165) is 0 Å². The van der Waals surface area contributed by atoms with Crippen molar-refractivity contribution >= 4 is 20.4 Å². The summed E-state index contributed by atoms with van der Waals surface area (Å²) in [6, 6.07) is 3.71. The summed E-state index contributed by atoms with van der Waals surface area (Å²) in [5.41, 5.74) is 0.479. The van der Waals surface area contributed by atoms with Crippen LogP contribution in [-0.4, -0.2) is 40.7 Å². The highest BCUT2D eigenvalue weighted by Gasteiger charge is 2.38. The number of carbonyl (C=O) groups is 2. The largest absolute Gasteiger partial charge is 0.575 e. The number of nitrogens with zero attached hydrogens (tertiary/aromatic N) is 2. The maximum Gasteiger partial charge on any atom is 0.395 e. The van der Waals surface area contributed by atoms with Crippen LogP contribution in [0, 0.1) is 6.92 Å². The lowest BCUT2D eigenvalue weighted by Crippen LogP contribution is -2.29. The number of hydrogen-bond donors (Lipinski definition) is 1. The third-order valence-corrected chi connectivity index (χ3v) is 4.99. The zero-order chi connectivity index (χ0) is 25.5. The SMILES string of the molecule is Cc1ncc(COc2ccccc2O[P+]([O-])=NC(CC(F)(F)F)C(=O)OC(C)C)c(C=O)c1O. The lowest BCUT2D eigenvalue weighted by atomic mass is 10.1. The van der Waals surface area contributed by atoms with Crippen LogP contribution in [0.2, 0.25) is 0 Å².